The van der Waals surface area contributed by atoms with Crippen molar-refractivity contribution in [2.45, 2.75) is 38.5 Å². The topological polar surface area (TPSA) is 91.3 Å². The molecule has 140 valence electrons. The van der Waals surface area contributed by atoms with Crippen molar-refractivity contribution in [2.24, 2.45) is 5.92 Å². The average Bonchev–Trinajstić information content (AvgIpc) is 2.95. The summed E-state index contributed by atoms with van der Waals surface area (Å²) in [7, 11) is 0. The van der Waals surface area contributed by atoms with Crippen molar-refractivity contribution in [3.05, 3.63) is 40.5 Å². The average molecular weight is 394 g/mol. The summed E-state index contributed by atoms with van der Waals surface area (Å²) in [5, 5.41) is 15.5. The van der Waals surface area contributed by atoms with E-state index in [0.717, 1.165) is 22.7 Å². The Balaban J connectivity index is 2.10. The number of hydrogen-bond acceptors (Lipinski definition) is 5. The third-order valence-corrected chi connectivity index (χ3v) is 5.54. The Hall–Kier alpha value is -2.06. The van der Waals surface area contributed by atoms with Gasteiger partial charge in [0.25, 0.3) is 0 Å². The fourth-order valence-electron chi connectivity index (χ4n) is 2.25. The second-order valence-corrected chi connectivity index (χ2v) is 8.18. The lowest BCUT2D eigenvalue weighted by atomic mass is 10.1. The Labute approximate surface area is 161 Å². The van der Waals surface area contributed by atoms with Crippen LogP contribution in [0.4, 0.5) is 9.80 Å². The summed E-state index contributed by atoms with van der Waals surface area (Å²) >= 11 is 2.35. The Kier molecular flexibility index (Phi) is 7.05. The molecule has 8 heteroatoms. The first kappa shape index (κ1) is 20.3. The molecule has 0 aliphatic rings. The van der Waals surface area contributed by atoms with E-state index in [-0.39, 0.29) is 10.6 Å². The number of benzene rings is 1. The van der Waals surface area contributed by atoms with Gasteiger partial charge < -0.3 is 10.4 Å². The van der Waals surface area contributed by atoms with Gasteiger partial charge in [0.2, 0.25) is 0 Å². The smallest absolute Gasteiger partial charge is 0.341 e. The van der Waals surface area contributed by atoms with Crippen molar-refractivity contribution in [1.29, 1.82) is 0 Å². The highest BCUT2D eigenvalue weighted by molar-refractivity contribution is 7.98. The number of carboxylic acids is 1. The Morgan fingerprint density at radius 1 is 1.31 bits per heavy atom. The lowest BCUT2D eigenvalue weighted by Crippen LogP contribution is -2.31. The number of aromatic carboxylic acids is 1. The molecule has 0 saturated heterocycles. The number of amides is 2. The molecular formula is C18H23N3O3S2. The van der Waals surface area contributed by atoms with Crippen LogP contribution in [0.25, 0.3) is 0 Å². The fourth-order valence-corrected chi connectivity index (χ4v) is 4.26. The molecule has 0 aliphatic carbocycles. The number of carboxylic acid groups (broad SMARTS) is 1. The van der Waals surface area contributed by atoms with E-state index in [9.17, 15) is 14.7 Å². The molecule has 2 rings (SSSR count). The maximum absolute atomic E-state index is 11.9. The Bertz CT molecular complexity index is 803. The number of nitrogens with zero attached hydrogens (tertiary/aromatic N) is 1. The van der Waals surface area contributed by atoms with E-state index in [1.807, 2.05) is 39.8 Å². The Morgan fingerprint density at radius 2 is 2.04 bits per heavy atom. The van der Waals surface area contributed by atoms with Gasteiger partial charge in [-0.1, -0.05) is 49.4 Å². The van der Waals surface area contributed by atoms with Gasteiger partial charge in [-0.05, 0) is 42.4 Å². The number of carbonyl (C=O) groups is 2. The van der Waals surface area contributed by atoms with Crippen LogP contribution >= 0.6 is 23.3 Å². The predicted molar refractivity (Wildman–Crippen MR) is 106 cm³/mol. The molecule has 6 nitrogen and oxygen atoms in total. The van der Waals surface area contributed by atoms with Gasteiger partial charge in [0.1, 0.15) is 15.6 Å². The molecule has 0 radical (unpaired) electrons. The van der Waals surface area contributed by atoms with Gasteiger partial charge in [-0.25, -0.2) is 9.59 Å². The molecule has 0 atom stereocenters. The van der Waals surface area contributed by atoms with Crippen molar-refractivity contribution in [3.8, 4) is 0 Å². The zero-order valence-corrected chi connectivity index (χ0v) is 16.9. The monoisotopic (exact) mass is 393 g/mol. The number of urea groups is 1. The van der Waals surface area contributed by atoms with Crippen LogP contribution < -0.4 is 10.6 Å². The lowest BCUT2D eigenvalue weighted by molar-refractivity contribution is 0.0694. The third-order valence-electron chi connectivity index (χ3n) is 3.64. The van der Waals surface area contributed by atoms with Gasteiger partial charge in [0.05, 0.1) is 0 Å². The summed E-state index contributed by atoms with van der Waals surface area (Å²) in [6, 6.07) is 5.76. The molecule has 0 fully saturated rings. The van der Waals surface area contributed by atoms with Crippen LogP contribution in [0, 0.1) is 19.8 Å². The molecule has 2 aromatic rings. The van der Waals surface area contributed by atoms with E-state index in [2.05, 4.69) is 21.1 Å². The number of aryl methyl sites for hydroxylation is 2. The van der Waals surface area contributed by atoms with Crippen LogP contribution in [0.15, 0.2) is 23.2 Å². The SMILES string of the molecule is Cc1ccc(CSc2nsc(NC(=O)NCC(C)C)c2C(=O)O)c(C)c1. The van der Waals surface area contributed by atoms with Crippen molar-refractivity contribution in [1.82, 2.24) is 9.69 Å². The van der Waals surface area contributed by atoms with Crippen LogP contribution in [-0.2, 0) is 5.75 Å². The number of carbonyl (C=O) groups excluding carboxylic acids is 1. The van der Waals surface area contributed by atoms with E-state index in [1.165, 1.54) is 17.3 Å². The van der Waals surface area contributed by atoms with Gasteiger partial charge in [-0.2, -0.15) is 4.37 Å². The number of rotatable bonds is 7. The molecule has 0 bridgehead atoms. The molecule has 0 unspecified atom stereocenters. The summed E-state index contributed by atoms with van der Waals surface area (Å²) < 4.78 is 4.23. The predicted octanol–water partition coefficient (Wildman–Crippen LogP) is 4.53. The molecule has 3 N–H and O–H groups in total. The normalized spacial score (nSPS) is 10.8. The quantitative estimate of drug-likeness (QED) is 0.601. The van der Waals surface area contributed by atoms with Crippen LogP contribution in [0.3, 0.4) is 0 Å². The highest BCUT2D eigenvalue weighted by Gasteiger charge is 2.22. The summed E-state index contributed by atoms with van der Waals surface area (Å²) in [6.07, 6.45) is 0. The van der Waals surface area contributed by atoms with Gasteiger partial charge in [-0.15, -0.1) is 0 Å². The van der Waals surface area contributed by atoms with Crippen LogP contribution in [-0.4, -0.2) is 28.0 Å². The van der Waals surface area contributed by atoms with Crippen molar-refractivity contribution in [2.75, 3.05) is 11.9 Å². The van der Waals surface area contributed by atoms with E-state index < -0.39 is 12.0 Å². The van der Waals surface area contributed by atoms with Gasteiger partial charge in [0.15, 0.2) is 0 Å². The zero-order valence-electron chi connectivity index (χ0n) is 15.3. The summed E-state index contributed by atoms with van der Waals surface area (Å²) in [5.41, 5.74) is 3.53. The summed E-state index contributed by atoms with van der Waals surface area (Å²) in [4.78, 5) is 23.6. The van der Waals surface area contributed by atoms with Crippen molar-refractivity contribution >= 4 is 40.3 Å². The molecular weight excluding hydrogens is 370 g/mol. The number of hydrogen-bond donors (Lipinski definition) is 3. The standard InChI is InChI=1S/C18H23N3O3S2/c1-10(2)8-19-18(24)20-15-14(17(22)23)16(21-26-15)25-9-13-6-5-11(3)7-12(13)4/h5-7,10H,8-9H2,1-4H3,(H,22,23)(H2,19,20,24). The minimum absolute atomic E-state index is 0.0458. The van der Waals surface area contributed by atoms with Gasteiger partial charge >= 0.3 is 12.0 Å². The van der Waals surface area contributed by atoms with E-state index >= 15 is 0 Å². The summed E-state index contributed by atoms with van der Waals surface area (Å²) in [5.74, 6) is -0.166. The van der Waals surface area contributed by atoms with Crippen LogP contribution in [0.2, 0.25) is 0 Å². The fraction of sp³-hybridized carbons (Fsp3) is 0.389. The van der Waals surface area contributed by atoms with Gasteiger partial charge in [-0.3, -0.25) is 5.32 Å². The number of thioether (sulfide) groups is 1. The highest BCUT2D eigenvalue weighted by Crippen LogP contribution is 2.34. The third kappa shape index (κ3) is 5.47. The number of aromatic nitrogens is 1. The molecule has 0 aliphatic heterocycles. The van der Waals surface area contributed by atoms with E-state index in [0.29, 0.717) is 23.2 Å². The molecule has 26 heavy (non-hydrogen) atoms. The van der Waals surface area contributed by atoms with E-state index in [4.69, 9.17) is 0 Å². The molecule has 0 spiro atoms. The van der Waals surface area contributed by atoms with Crippen molar-refractivity contribution < 1.29 is 14.7 Å². The second kappa shape index (κ2) is 9.05. The first-order valence-corrected chi connectivity index (χ1v) is 10.0. The summed E-state index contributed by atoms with van der Waals surface area (Å²) in [6.45, 7) is 8.56. The second-order valence-electron chi connectivity index (χ2n) is 6.44. The minimum Gasteiger partial charge on any atom is -0.477 e. The molecule has 2 amide bonds. The maximum Gasteiger partial charge on any atom is 0.341 e. The molecule has 0 saturated carbocycles. The molecule has 1 heterocycles. The largest absolute Gasteiger partial charge is 0.477 e. The maximum atomic E-state index is 11.9. The Morgan fingerprint density at radius 3 is 2.65 bits per heavy atom. The van der Waals surface area contributed by atoms with Crippen LogP contribution in [0.1, 0.15) is 40.9 Å². The first-order valence-electron chi connectivity index (χ1n) is 8.24. The lowest BCUT2D eigenvalue weighted by Gasteiger charge is -2.09. The van der Waals surface area contributed by atoms with Crippen LogP contribution in [0.5, 0.6) is 0 Å². The van der Waals surface area contributed by atoms with Gasteiger partial charge in [0, 0.05) is 12.3 Å². The molecule has 1 aromatic heterocycles. The van der Waals surface area contributed by atoms with E-state index in [1.54, 1.807) is 0 Å². The zero-order chi connectivity index (χ0) is 19.3. The first-order chi connectivity index (χ1) is 12.3. The van der Waals surface area contributed by atoms with Crippen molar-refractivity contribution in [3.63, 3.8) is 0 Å². The number of nitrogens with one attached hydrogen (secondary N) is 2. The highest BCUT2D eigenvalue weighted by atomic mass is 32.2. The number of anilines is 1. The molecule has 1 aromatic carbocycles. The minimum atomic E-state index is -1.10.